The van der Waals surface area contributed by atoms with Crippen LogP contribution in [0.25, 0.3) is 0 Å². The minimum Gasteiger partial charge on any atom is -0.497 e. The van der Waals surface area contributed by atoms with E-state index in [9.17, 15) is 9.59 Å². The minimum absolute atomic E-state index is 0.126. The highest BCUT2D eigenvalue weighted by Crippen LogP contribution is 2.35. The molecule has 0 radical (unpaired) electrons. The zero-order chi connectivity index (χ0) is 25.1. The van der Waals surface area contributed by atoms with E-state index in [-0.39, 0.29) is 11.8 Å². The first kappa shape index (κ1) is 23.8. The molecule has 0 spiro atoms. The van der Waals surface area contributed by atoms with Gasteiger partial charge in [-0.25, -0.2) is 9.89 Å². The Labute approximate surface area is 214 Å². The number of methoxy groups -OCH3 is 1. The van der Waals surface area contributed by atoms with Crippen LogP contribution in [0.3, 0.4) is 0 Å². The molecule has 7 nitrogen and oxygen atoms in total. The third-order valence-electron chi connectivity index (χ3n) is 6.07. The lowest BCUT2D eigenvalue weighted by Crippen LogP contribution is -2.43. The summed E-state index contributed by atoms with van der Waals surface area (Å²) in [5.41, 5.74) is 3.55. The number of fused-ring (bicyclic) bond motifs is 3. The highest BCUT2D eigenvalue weighted by molar-refractivity contribution is 8.15. The first-order chi connectivity index (χ1) is 17.5. The fourth-order valence-corrected chi connectivity index (χ4v) is 5.12. The molecule has 0 bridgehead atoms. The molecule has 0 unspecified atom stereocenters. The summed E-state index contributed by atoms with van der Waals surface area (Å²) in [6.45, 7) is 2.19. The third-order valence-corrected chi connectivity index (χ3v) is 7.12. The van der Waals surface area contributed by atoms with Gasteiger partial charge in [0.1, 0.15) is 17.6 Å². The van der Waals surface area contributed by atoms with Crippen LogP contribution in [0, 0.1) is 0 Å². The van der Waals surface area contributed by atoms with Gasteiger partial charge >= 0.3 is 0 Å². The fraction of sp³-hybridized carbons (Fsp3) is 0.214. The summed E-state index contributed by atoms with van der Waals surface area (Å²) in [5, 5.41) is 2.97. The standard InChI is InChI=1S/C28H26N4O3S/c1-18(26(33)29-17-20-11-8-12-21(15-20)35-2)36-28-31-23-14-7-6-13-22(23)25-30-24(27(34)32(25)28)16-19-9-4-3-5-10-19/h3-15,18,24H,16-17H2,1-2H3,(H,29,33)/t18-,24+/m1/s1. The molecule has 2 aliphatic heterocycles. The van der Waals surface area contributed by atoms with Crippen molar-refractivity contribution >= 4 is 40.3 Å². The smallest absolute Gasteiger partial charge is 0.259 e. The van der Waals surface area contributed by atoms with Crippen LogP contribution in [0.1, 0.15) is 23.6 Å². The predicted octanol–water partition coefficient (Wildman–Crippen LogP) is 4.33. The van der Waals surface area contributed by atoms with Gasteiger partial charge in [-0.1, -0.05) is 66.4 Å². The molecule has 0 saturated carbocycles. The average molecular weight is 499 g/mol. The van der Waals surface area contributed by atoms with Crippen LogP contribution in [0.4, 0.5) is 5.69 Å². The van der Waals surface area contributed by atoms with Crippen LogP contribution < -0.4 is 10.1 Å². The molecule has 0 aromatic heterocycles. The number of amidine groups is 2. The van der Waals surface area contributed by atoms with Gasteiger partial charge in [-0.15, -0.1) is 0 Å². The number of hydrogen-bond acceptors (Lipinski definition) is 6. The number of hydrogen-bond donors (Lipinski definition) is 1. The van der Waals surface area contributed by atoms with Gasteiger partial charge in [0.15, 0.2) is 5.17 Å². The molecule has 0 fully saturated rings. The molecule has 3 aromatic carbocycles. The van der Waals surface area contributed by atoms with Gasteiger partial charge in [0.25, 0.3) is 5.91 Å². The maximum atomic E-state index is 13.5. The van der Waals surface area contributed by atoms with Crippen molar-refractivity contribution in [2.45, 2.75) is 31.2 Å². The largest absolute Gasteiger partial charge is 0.497 e. The van der Waals surface area contributed by atoms with E-state index in [4.69, 9.17) is 14.7 Å². The molecule has 2 heterocycles. The number of thioether (sulfide) groups is 1. The Hall–Kier alpha value is -3.91. The fourth-order valence-electron chi connectivity index (χ4n) is 4.18. The molecule has 0 saturated heterocycles. The third kappa shape index (κ3) is 4.90. The zero-order valence-corrected chi connectivity index (χ0v) is 20.9. The van der Waals surface area contributed by atoms with Crippen molar-refractivity contribution in [3.63, 3.8) is 0 Å². The lowest BCUT2D eigenvalue weighted by molar-refractivity contribution is -0.124. The molecule has 36 heavy (non-hydrogen) atoms. The van der Waals surface area contributed by atoms with Gasteiger partial charge in [0, 0.05) is 18.5 Å². The predicted molar refractivity (Wildman–Crippen MR) is 143 cm³/mol. The summed E-state index contributed by atoms with van der Waals surface area (Å²) < 4.78 is 5.25. The van der Waals surface area contributed by atoms with E-state index in [0.717, 1.165) is 28.1 Å². The average Bonchev–Trinajstić information content (AvgIpc) is 3.24. The molecular weight excluding hydrogens is 472 g/mol. The van der Waals surface area contributed by atoms with Crippen LogP contribution >= 0.6 is 11.8 Å². The van der Waals surface area contributed by atoms with Crippen molar-refractivity contribution in [3.8, 4) is 5.75 Å². The van der Waals surface area contributed by atoms with Crippen molar-refractivity contribution in [1.82, 2.24) is 10.2 Å². The van der Waals surface area contributed by atoms with Gasteiger partial charge in [-0.05, 0) is 42.3 Å². The Morgan fingerprint density at radius 1 is 1.06 bits per heavy atom. The number of carbonyl (C=O) groups excluding carboxylic acids is 2. The maximum absolute atomic E-state index is 13.5. The van der Waals surface area contributed by atoms with E-state index in [1.165, 1.54) is 11.8 Å². The molecule has 182 valence electrons. The molecule has 1 N–H and O–H groups in total. The molecular formula is C28H26N4O3S. The molecule has 2 aliphatic rings. The summed E-state index contributed by atoms with van der Waals surface area (Å²) in [4.78, 5) is 37.5. The van der Waals surface area contributed by atoms with Gasteiger partial charge < -0.3 is 10.1 Å². The molecule has 3 aromatic rings. The first-order valence-corrected chi connectivity index (χ1v) is 12.6. The van der Waals surface area contributed by atoms with Crippen molar-refractivity contribution in [3.05, 3.63) is 95.6 Å². The summed E-state index contributed by atoms with van der Waals surface area (Å²) in [6.07, 6.45) is 0.510. The topological polar surface area (TPSA) is 83.4 Å². The van der Waals surface area contributed by atoms with E-state index in [2.05, 4.69) is 5.32 Å². The Morgan fingerprint density at radius 3 is 2.61 bits per heavy atom. The van der Waals surface area contributed by atoms with E-state index >= 15 is 0 Å². The van der Waals surface area contributed by atoms with Crippen molar-refractivity contribution in [2.75, 3.05) is 7.11 Å². The normalized spacial score (nSPS) is 17.0. The van der Waals surface area contributed by atoms with Crippen LogP contribution in [-0.2, 0) is 22.6 Å². The lowest BCUT2D eigenvalue weighted by atomic mass is 10.1. The second-order valence-corrected chi connectivity index (χ2v) is 9.88. The molecule has 0 aliphatic carbocycles. The number of ether oxygens (including phenoxy) is 1. The van der Waals surface area contributed by atoms with E-state index < -0.39 is 11.3 Å². The highest BCUT2D eigenvalue weighted by atomic mass is 32.2. The molecule has 5 rings (SSSR count). The Morgan fingerprint density at radius 2 is 1.81 bits per heavy atom. The number of rotatable bonds is 7. The number of amides is 2. The Balaban J connectivity index is 1.33. The molecule has 8 heteroatoms. The van der Waals surface area contributed by atoms with Gasteiger partial charge in [0.2, 0.25) is 5.91 Å². The number of carbonyl (C=O) groups is 2. The molecule has 2 amide bonds. The van der Waals surface area contributed by atoms with Gasteiger partial charge in [0.05, 0.1) is 18.0 Å². The molecule has 2 atom stereocenters. The second kappa shape index (κ2) is 10.4. The number of aliphatic imine (C=N–C) groups is 2. The summed E-state index contributed by atoms with van der Waals surface area (Å²) >= 11 is 1.26. The number of para-hydroxylation sites is 1. The van der Waals surface area contributed by atoms with Crippen LogP contribution in [0.2, 0.25) is 0 Å². The zero-order valence-electron chi connectivity index (χ0n) is 20.0. The second-order valence-electron chi connectivity index (χ2n) is 8.57. The van der Waals surface area contributed by atoms with Crippen LogP contribution in [0.5, 0.6) is 5.75 Å². The van der Waals surface area contributed by atoms with Crippen LogP contribution in [0.15, 0.2) is 88.8 Å². The monoisotopic (exact) mass is 498 g/mol. The highest BCUT2D eigenvalue weighted by Gasteiger charge is 2.42. The number of benzene rings is 3. The van der Waals surface area contributed by atoms with Crippen molar-refractivity contribution in [1.29, 1.82) is 0 Å². The SMILES string of the molecule is COc1cccc(CNC(=O)[C@@H](C)SC2=Nc3ccccc3C3=N[C@@H](Cc4ccccc4)C(=O)N23)c1. The van der Waals surface area contributed by atoms with E-state index in [0.29, 0.717) is 24.0 Å². The Kier molecular flexibility index (Phi) is 6.86. The number of nitrogens with one attached hydrogen (secondary N) is 1. The lowest BCUT2D eigenvalue weighted by Gasteiger charge is -2.27. The summed E-state index contributed by atoms with van der Waals surface area (Å²) in [7, 11) is 1.61. The Bertz CT molecular complexity index is 1360. The summed E-state index contributed by atoms with van der Waals surface area (Å²) in [6, 6.07) is 24.5. The number of nitrogens with zero attached hydrogens (tertiary/aromatic N) is 3. The van der Waals surface area contributed by atoms with Crippen molar-refractivity contribution in [2.24, 2.45) is 9.98 Å². The van der Waals surface area contributed by atoms with Gasteiger partial charge in [-0.3, -0.25) is 14.6 Å². The maximum Gasteiger partial charge on any atom is 0.259 e. The van der Waals surface area contributed by atoms with E-state index in [1.807, 2.05) is 85.8 Å². The van der Waals surface area contributed by atoms with Gasteiger partial charge in [-0.2, -0.15) is 0 Å². The minimum atomic E-state index is -0.531. The van der Waals surface area contributed by atoms with Crippen molar-refractivity contribution < 1.29 is 14.3 Å². The quantitative estimate of drug-likeness (QED) is 0.526. The first-order valence-electron chi connectivity index (χ1n) is 11.7. The summed E-state index contributed by atoms with van der Waals surface area (Å²) in [5.74, 6) is 1.07. The van der Waals surface area contributed by atoms with Crippen LogP contribution in [-0.4, -0.2) is 46.1 Å². The van der Waals surface area contributed by atoms with E-state index in [1.54, 1.807) is 12.0 Å².